The first-order chi connectivity index (χ1) is 21.9. The Bertz CT molecular complexity index is 1700. The molecule has 4 aromatic rings. The lowest BCUT2D eigenvalue weighted by Crippen LogP contribution is -2.40. The van der Waals surface area contributed by atoms with Crippen molar-refractivity contribution in [2.45, 2.75) is 73.1 Å². The van der Waals surface area contributed by atoms with Crippen LogP contribution < -0.4 is 20.5 Å². The third kappa shape index (κ3) is 8.74. The predicted octanol–water partition coefficient (Wildman–Crippen LogP) is 8.25. The Hall–Kier alpha value is -4.66. The van der Waals surface area contributed by atoms with Gasteiger partial charge in [0.25, 0.3) is 5.56 Å². The number of anilines is 2. The molecule has 0 bridgehead atoms. The van der Waals surface area contributed by atoms with Crippen molar-refractivity contribution >= 4 is 34.4 Å². The van der Waals surface area contributed by atoms with Crippen molar-refractivity contribution in [3.8, 4) is 16.9 Å². The fourth-order valence-electron chi connectivity index (χ4n) is 5.26. The molecular weight excluding hydrogens is 580 g/mol. The van der Waals surface area contributed by atoms with Gasteiger partial charge in [-0.05, 0) is 88.9 Å². The molecule has 0 aliphatic rings. The molecule has 0 saturated carbocycles. The van der Waals surface area contributed by atoms with E-state index >= 15 is 0 Å². The van der Waals surface area contributed by atoms with Gasteiger partial charge in [-0.25, -0.2) is 9.78 Å². The van der Waals surface area contributed by atoms with Crippen LogP contribution in [0.25, 0.3) is 22.2 Å². The standard InChI is InChI=1S/C37H46N4O5/c1-23(2)14-16-41(33-22-28-12-9-15-38-35(28)40-36(33)43)37(44)39-34-31(24(3)4)20-29(21-32(34)25(5)6)27-11-8-13-30(19-27)46-18-10-17-45-26(7)42/h8-9,11-13,15,19-25H,10,14,16-18H2,1-7H3,(H,39,44)(H,38,40,43). The number of carbonyl (C=O) groups excluding carboxylic acids is 2. The monoisotopic (exact) mass is 626 g/mol. The summed E-state index contributed by atoms with van der Waals surface area (Å²) >= 11 is 0. The fourth-order valence-corrected chi connectivity index (χ4v) is 5.26. The van der Waals surface area contributed by atoms with E-state index in [0.29, 0.717) is 37.7 Å². The van der Waals surface area contributed by atoms with Crippen LogP contribution in [0.2, 0.25) is 0 Å². The number of benzene rings is 2. The fraction of sp³-hybridized carbons (Fsp3) is 0.405. The maximum absolute atomic E-state index is 14.1. The lowest BCUT2D eigenvalue weighted by atomic mass is 9.88. The molecule has 4 rings (SSSR count). The molecule has 2 aromatic heterocycles. The Labute approximate surface area is 271 Å². The lowest BCUT2D eigenvalue weighted by molar-refractivity contribution is -0.141. The number of hydrogen-bond donors (Lipinski definition) is 2. The Morgan fingerprint density at radius 1 is 0.913 bits per heavy atom. The topological polar surface area (TPSA) is 114 Å². The molecule has 9 heteroatoms. The summed E-state index contributed by atoms with van der Waals surface area (Å²) in [5.41, 5.74) is 5.20. The smallest absolute Gasteiger partial charge is 0.326 e. The van der Waals surface area contributed by atoms with Crippen LogP contribution in [0.4, 0.5) is 16.2 Å². The summed E-state index contributed by atoms with van der Waals surface area (Å²) in [6.07, 6.45) is 2.96. The van der Waals surface area contributed by atoms with Crippen molar-refractivity contribution in [3.63, 3.8) is 0 Å². The quantitative estimate of drug-likeness (QED) is 0.114. The largest absolute Gasteiger partial charge is 0.493 e. The number of ether oxygens (including phenoxy) is 2. The van der Waals surface area contributed by atoms with Crippen LogP contribution in [0.3, 0.4) is 0 Å². The van der Waals surface area contributed by atoms with Gasteiger partial charge >= 0.3 is 12.0 Å². The van der Waals surface area contributed by atoms with Crippen molar-refractivity contribution in [1.82, 2.24) is 9.97 Å². The molecule has 46 heavy (non-hydrogen) atoms. The third-order valence-corrected chi connectivity index (χ3v) is 7.77. The van der Waals surface area contributed by atoms with Crippen molar-refractivity contribution in [2.75, 3.05) is 30.0 Å². The van der Waals surface area contributed by atoms with Gasteiger partial charge in [-0.2, -0.15) is 0 Å². The molecule has 2 amide bonds. The number of aromatic amines is 1. The highest BCUT2D eigenvalue weighted by atomic mass is 16.5. The van der Waals surface area contributed by atoms with E-state index in [1.807, 2.05) is 36.4 Å². The second-order valence-corrected chi connectivity index (χ2v) is 12.6. The Kier molecular flexibility index (Phi) is 11.6. The van der Waals surface area contributed by atoms with Gasteiger partial charge in [0.1, 0.15) is 17.1 Å². The van der Waals surface area contributed by atoms with Gasteiger partial charge in [-0.3, -0.25) is 14.5 Å². The highest BCUT2D eigenvalue weighted by Crippen LogP contribution is 2.38. The summed E-state index contributed by atoms with van der Waals surface area (Å²) in [7, 11) is 0. The number of hydrogen-bond acceptors (Lipinski definition) is 6. The van der Waals surface area contributed by atoms with E-state index in [1.165, 1.54) is 6.92 Å². The summed E-state index contributed by atoms with van der Waals surface area (Å²) in [6, 6.07) is 17.2. The van der Waals surface area contributed by atoms with Crippen molar-refractivity contribution in [3.05, 3.63) is 82.3 Å². The van der Waals surface area contributed by atoms with E-state index in [-0.39, 0.29) is 35.1 Å². The number of urea groups is 1. The molecule has 0 unspecified atom stereocenters. The van der Waals surface area contributed by atoms with Crippen LogP contribution >= 0.6 is 0 Å². The zero-order valence-electron chi connectivity index (χ0n) is 28.0. The number of carbonyl (C=O) groups is 2. The van der Waals surface area contributed by atoms with Crippen LogP contribution in [-0.4, -0.2) is 41.7 Å². The van der Waals surface area contributed by atoms with E-state index < -0.39 is 0 Å². The molecule has 2 N–H and O–H groups in total. The summed E-state index contributed by atoms with van der Waals surface area (Å²) < 4.78 is 10.9. The maximum atomic E-state index is 14.1. The zero-order valence-corrected chi connectivity index (χ0v) is 28.0. The molecule has 0 spiro atoms. The molecule has 9 nitrogen and oxygen atoms in total. The summed E-state index contributed by atoms with van der Waals surface area (Å²) in [5, 5.41) is 3.99. The van der Waals surface area contributed by atoms with Crippen molar-refractivity contribution in [1.29, 1.82) is 0 Å². The first-order valence-corrected chi connectivity index (χ1v) is 16.1. The summed E-state index contributed by atoms with van der Waals surface area (Å²) in [4.78, 5) is 47.0. The van der Waals surface area contributed by atoms with Crippen molar-refractivity contribution in [2.24, 2.45) is 5.92 Å². The summed E-state index contributed by atoms with van der Waals surface area (Å²) in [6.45, 7) is 15.2. The van der Waals surface area contributed by atoms with Crippen LogP contribution in [0.1, 0.15) is 84.3 Å². The number of esters is 1. The van der Waals surface area contributed by atoms with Crippen LogP contribution in [0, 0.1) is 5.92 Å². The van der Waals surface area contributed by atoms with Gasteiger partial charge in [0.05, 0.1) is 13.2 Å². The van der Waals surface area contributed by atoms with E-state index in [4.69, 9.17) is 9.47 Å². The van der Waals surface area contributed by atoms with Gasteiger partial charge in [-0.1, -0.05) is 53.7 Å². The molecule has 244 valence electrons. The van der Waals surface area contributed by atoms with Crippen LogP contribution in [-0.2, 0) is 9.53 Å². The van der Waals surface area contributed by atoms with E-state index in [9.17, 15) is 14.4 Å². The number of pyridine rings is 2. The Balaban J connectivity index is 1.69. The minimum absolute atomic E-state index is 0.104. The second-order valence-electron chi connectivity index (χ2n) is 12.6. The minimum Gasteiger partial charge on any atom is -0.493 e. The van der Waals surface area contributed by atoms with Gasteiger partial charge in [0.15, 0.2) is 0 Å². The molecule has 0 radical (unpaired) electrons. The first-order valence-electron chi connectivity index (χ1n) is 16.1. The number of nitrogens with zero attached hydrogens (tertiary/aromatic N) is 2. The van der Waals surface area contributed by atoms with Crippen molar-refractivity contribution < 1.29 is 19.1 Å². The molecule has 0 aliphatic heterocycles. The Morgan fingerprint density at radius 3 is 2.28 bits per heavy atom. The number of fused-ring (bicyclic) bond motifs is 1. The predicted molar refractivity (Wildman–Crippen MR) is 185 cm³/mol. The van der Waals surface area contributed by atoms with Gasteiger partial charge in [0, 0.05) is 37.2 Å². The van der Waals surface area contributed by atoms with Gasteiger partial charge in [0.2, 0.25) is 0 Å². The second kappa shape index (κ2) is 15.6. The van der Waals surface area contributed by atoms with E-state index in [1.54, 1.807) is 17.2 Å². The highest BCUT2D eigenvalue weighted by Gasteiger charge is 2.24. The molecule has 0 fully saturated rings. The Morgan fingerprint density at radius 2 is 1.63 bits per heavy atom. The SMILES string of the molecule is CC(=O)OCCCOc1cccc(-c2cc(C(C)C)c(NC(=O)N(CCC(C)C)c3cc4cccnc4[nH]c3=O)c(C(C)C)c2)c1. The third-order valence-electron chi connectivity index (χ3n) is 7.77. The van der Waals surface area contributed by atoms with Gasteiger partial charge in [-0.15, -0.1) is 0 Å². The number of nitrogens with one attached hydrogen (secondary N) is 2. The molecule has 0 atom stereocenters. The lowest BCUT2D eigenvalue weighted by Gasteiger charge is -2.27. The van der Waals surface area contributed by atoms with Crippen LogP contribution in [0.15, 0.2) is 65.6 Å². The first kappa shape index (κ1) is 34.2. The molecule has 2 aromatic carbocycles. The molecule has 2 heterocycles. The number of aromatic nitrogens is 2. The number of rotatable bonds is 13. The van der Waals surface area contributed by atoms with E-state index in [2.05, 4.69) is 69.0 Å². The highest BCUT2D eigenvalue weighted by molar-refractivity contribution is 6.03. The summed E-state index contributed by atoms with van der Waals surface area (Å²) in [5.74, 6) is 0.973. The molecule has 0 saturated heterocycles. The van der Waals surface area contributed by atoms with Gasteiger partial charge < -0.3 is 19.8 Å². The normalized spacial score (nSPS) is 11.3. The average molecular weight is 627 g/mol. The number of H-pyrrole nitrogens is 1. The molecule has 0 aliphatic carbocycles. The number of amides is 2. The molecular formula is C37H46N4O5. The van der Waals surface area contributed by atoms with Crippen LogP contribution in [0.5, 0.6) is 5.75 Å². The van der Waals surface area contributed by atoms with E-state index in [0.717, 1.165) is 45.5 Å². The maximum Gasteiger partial charge on any atom is 0.326 e. The average Bonchev–Trinajstić information content (AvgIpc) is 3.00. The zero-order chi connectivity index (χ0) is 33.4. The minimum atomic E-state index is -0.359.